The molecular weight excluding hydrogens is 286 g/mol. The summed E-state index contributed by atoms with van der Waals surface area (Å²) in [5, 5.41) is 4.99. The van der Waals surface area contributed by atoms with Crippen LogP contribution in [0.5, 0.6) is 11.5 Å². The third-order valence-electron chi connectivity index (χ3n) is 3.81. The van der Waals surface area contributed by atoms with Crippen molar-refractivity contribution in [2.75, 3.05) is 19.5 Å². The number of hydrogen-bond donors (Lipinski definition) is 1. The number of methoxy groups -OCH3 is 2. The topological polar surface area (TPSA) is 47.6 Å². The molecule has 1 aromatic heterocycles. The van der Waals surface area contributed by atoms with Crippen molar-refractivity contribution >= 4 is 22.9 Å². The first-order chi connectivity index (χ1) is 10.1. The predicted molar refractivity (Wildman–Crippen MR) is 83.7 cm³/mol. The molecule has 0 aliphatic carbocycles. The summed E-state index contributed by atoms with van der Waals surface area (Å²) in [5.74, 6) is 1.42. The highest BCUT2D eigenvalue weighted by Gasteiger charge is 2.29. The lowest BCUT2D eigenvalue weighted by Gasteiger charge is -2.27. The molecule has 0 fully saturated rings. The van der Waals surface area contributed by atoms with Crippen LogP contribution in [0.3, 0.4) is 0 Å². The molecule has 1 atom stereocenters. The molecule has 2 aromatic rings. The van der Waals surface area contributed by atoms with Crippen LogP contribution in [-0.2, 0) is 4.79 Å². The molecule has 0 unspecified atom stereocenters. The maximum Gasteiger partial charge on any atom is 0.225 e. The van der Waals surface area contributed by atoms with Gasteiger partial charge in [0.2, 0.25) is 5.91 Å². The van der Waals surface area contributed by atoms with Gasteiger partial charge in [-0.2, -0.15) is 0 Å². The zero-order valence-corrected chi connectivity index (χ0v) is 13.0. The summed E-state index contributed by atoms with van der Waals surface area (Å²) in [6.45, 7) is 2.08. The molecule has 21 heavy (non-hydrogen) atoms. The molecule has 1 amide bonds. The average molecular weight is 303 g/mol. The van der Waals surface area contributed by atoms with E-state index in [0.29, 0.717) is 17.9 Å². The Morgan fingerprint density at radius 2 is 1.95 bits per heavy atom. The smallest absolute Gasteiger partial charge is 0.225 e. The molecule has 1 aliphatic heterocycles. The van der Waals surface area contributed by atoms with Gasteiger partial charge in [-0.1, -0.05) is 0 Å². The number of benzene rings is 1. The van der Waals surface area contributed by atoms with Crippen LogP contribution < -0.4 is 14.8 Å². The fraction of sp³-hybridized carbons (Fsp3) is 0.312. The molecule has 1 N–H and O–H groups in total. The van der Waals surface area contributed by atoms with E-state index in [1.807, 2.05) is 12.1 Å². The van der Waals surface area contributed by atoms with E-state index >= 15 is 0 Å². The van der Waals surface area contributed by atoms with E-state index in [1.54, 1.807) is 25.6 Å². The normalized spacial score (nSPS) is 17.1. The highest BCUT2D eigenvalue weighted by Crippen LogP contribution is 2.44. The highest BCUT2D eigenvalue weighted by molar-refractivity contribution is 7.10. The molecule has 0 spiro atoms. The quantitative estimate of drug-likeness (QED) is 0.943. The molecule has 3 rings (SSSR count). The summed E-state index contributed by atoms with van der Waals surface area (Å²) in [5.41, 5.74) is 3.11. The molecule has 1 aromatic carbocycles. The second kappa shape index (κ2) is 5.41. The Morgan fingerprint density at radius 3 is 2.57 bits per heavy atom. The lowest BCUT2D eigenvalue weighted by atomic mass is 9.87. The van der Waals surface area contributed by atoms with Gasteiger partial charge in [0.15, 0.2) is 11.5 Å². The Bertz CT molecular complexity index is 693. The van der Waals surface area contributed by atoms with Gasteiger partial charge in [-0.3, -0.25) is 4.79 Å². The molecule has 4 nitrogen and oxygen atoms in total. The van der Waals surface area contributed by atoms with Gasteiger partial charge in [0.25, 0.3) is 0 Å². The standard InChI is InChI=1S/C16H17NO3S/c1-9-4-5-21-16(9)11-7-15(18)17-12-8-14(20-3)13(19-2)6-10(11)12/h4-6,8,11H,7H2,1-3H3,(H,17,18)/t11-/m0/s1. The van der Waals surface area contributed by atoms with Gasteiger partial charge < -0.3 is 14.8 Å². The van der Waals surface area contributed by atoms with Crippen molar-refractivity contribution in [3.05, 3.63) is 39.6 Å². The number of aryl methyl sites for hydroxylation is 1. The summed E-state index contributed by atoms with van der Waals surface area (Å²) in [6.07, 6.45) is 0.462. The number of anilines is 1. The van der Waals surface area contributed by atoms with Crippen LogP contribution in [0.2, 0.25) is 0 Å². The van der Waals surface area contributed by atoms with Crippen LogP contribution in [0.1, 0.15) is 28.3 Å². The molecule has 110 valence electrons. The number of thiophene rings is 1. The summed E-state index contributed by atoms with van der Waals surface area (Å²) in [4.78, 5) is 13.3. The first-order valence-electron chi connectivity index (χ1n) is 6.73. The Morgan fingerprint density at radius 1 is 1.24 bits per heavy atom. The minimum absolute atomic E-state index is 0.0347. The third-order valence-corrected chi connectivity index (χ3v) is 4.95. The fourth-order valence-electron chi connectivity index (χ4n) is 2.76. The molecule has 0 saturated heterocycles. The van der Waals surface area contributed by atoms with Crippen molar-refractivity contribution in [1.82, 2.24) is 0 Å². The van der Waals surface area contributed by atoms with E-state index in [0.717, 1.165) is 11.3 Å². The van der Waals surface area contributed by atoms with E-state index in [1.165, 1.54) is 10.4 Å². The summed E-state index contributed by atoms with van der Waals surface area (Å²) in [6, 6.07) is 5.89. The van der Waals surface area contributed by atoms with Crippen molar-refractivity contribution < 1.29 is 14.3 Å². The van der Waals surface area contributed by atoms with Crippen LogP contribution >= 0.6 is 11.3 Å². The maximum absolute atomic E-state index is 12.0. The number of hydrogen-bond acceptors (Lipinski definition) is 4. The minimum atomic E-state index is 0.0347. The highest BCUT2D eigenvalue weighted by atomic mass is 32.1. The van der Waals surface area contributed by atoms with E-state index in [2.05, 4.69) is 23.7 Å². The fourth-order valence-corrected chi connectivity index (χ4v) is 3.81. The van der Waals surface area contributed by atoms with E-state index in [9.17, 15) is 4.79 Å². The van der Waals surface area contributed by atoms with Gasteiger partial charge in [0.1, 0.15) is 0 Å². The Kier molecular flexibility index (Phi) is 3.59. The number of nitrogens with one attached hydrogen (secondary N) is 1. The third kappa shape index (κ3) is 2.38. The van der Waals surface area contributed by atoms with Crippen molar-refractivity contribution in [3.63, 3.8) is 0 Å². The first-order valence-corrected chi connectivity index (χ1v) is 7.61. The lowest BCUT2D eigenvalue weighted by Crippen LogP contribution is -2.23. The summed E-state index contributed by atoms with van der Waals surface area (Å²) < 4.78 is 10.7. The number of rotatable bonds is 3. The molecular formula is C16H17NO3S. The second-order valence-electron chi connectivity index (χ2n) is 5.07. The van der Waals surface area contributed by atoms with Gasteiger partial charge in [0, 0.05) is 29.0 Å². The second-order valence-corrected chi connectivity index (χ2v) is 6.01. The number of amides is 1. The molecule has 0 bridgehead atoms. The monoisotopic (exact) mass is 303 g/mol. The number of fused-ring (bicyclic) bond motifs is 1. The van der Waals surface area contributed by atoms with Gasteiger partial charge in [0.05, 0.1) is 14.2 Å². The van der Waals surface area contributed by atoms with Crippen LogP contribution in [0, 0.1) is 6.92 Å². The largest absolute Gasteiger partial charge is 0.493 e. The van der Waals surface area contributed by atoms with E-state index in [-0.39, 0.29) is 11.8 Å². The SMILES string of the molecule is COc1cc2c(cc1OC)[C@@H](c1sccc1C)CC(=O)N2. The average Bonchev–Trinajstić information content (AvgIpc) is 2.91. The number of ether oxygens (including phenoxy) is 2. The Hall–Kier alpha value is -2.01. The van der Waals surface area contributed by atoms with E-state index in [4.69, 9.17) is 9.47 Å². The van der Waals surface area contributed by atoms with Gasteiger partial charge in [-0.15, -0.1) is 11.3 Å². The predicted octanol–water partition coefficient (Wildman–Crippen LogP) is 3.55. The van der Waals surface area contributed by atoms with Crippen LogP contribution in [0.4, 0.5) is 5.69 Å². The zero-order valence-electron chi connectivity index (χ0n) is 12.2. The molecule has 1 aliphatic rings. The Balaban J connectivity index is 2.15. The summed E-state index contributed by atoms with van der Waals surface area (Å²) in [7, 11) is 3.22. The van der Waals surface area contributed by atoms with E-state index < -0.39 is 0 Å². The van der Waals surface area contributed by atoms with Crippen LogP contribution in [0.15, 0.2) is 23.6 Å². The molecule has 2 heterocycles. The zero-order chi connectivity index (χ0) is 15.0. The number of carbonyl (C=O) groups is 1. The maximum atomic E-state index is 12.0. The molecule has 0 saturated carbocycles. The lowest BCUT2D eigenvalue weighted by molar-refractivity contribution is -0.116. The van der Waals surface area contributed by atoms with Gasteiger partial charge in [-0.25, -0.2) is 0 Å². The van der Waals surface area contributed by atoms with Gasteiger partial charge in [-0.05, 0) is 35.6 Å². The van der Waals surface area contributed by atoms with Crippen molar-refractivity contribution in [3.8, 4) is 11.5 Å². The van der Waals surface area contributed by atoms with Crippen molar-refractivity contribution in [2.24, 2.45) is 0 Å². The Labute approximate surface area is 127 Å². The first kappa shape index (κ1) is 13.9. The summed E-state index contributed by atoms with van der Waals surface area (Å²) >= 11 is 1.69. The van der Waals surface area contributed by atoms with Gasteiger partial charge >= 0.3 is 0 Å². The number of carbonyl (C=O) groups excluding carboxylic acids is 1. The van der Waals surface area contributed by atoms with Crippen molar-refractivity contribution in [2.45, 2.75) is 19.3 Å². The minimum Gasteiger partial charge on any atom is -0.493 e. The molecule has 5 heteroatoms. The van der Waals surface area contributed by atoms with Crippen molar-refractivity contribution in [1.29, 1.82) is 0 Å². The van der Waals surface area contributed by atoms with Crippen LogP contribution in [0.25, 0.3) is 0 Å². The van der Waals surface area contributed by atoms with Crippen LogP contribution in [-0.4, -0.2) is 20.1 Å². The molecule has 0 radical (unpaired) electrons.